The van der Waals surface area contributed by atoms with Crippen LogP contribution in [0.5, 0.6) is 0 Å². The minimum absolute atomic E-state index is 0.0153. The Balaban J connectivity index is 1.83. The van der Waals surface area contributed by atoms with E-state index in [2.05, 4.69) is 0 Å². The lowest BCUT2D eigenvalue weighted by molar-refractivity contribution is -0.384. The van der Waals surface area contributed by atoms with Crippen LogP contribution >= 0.6 is 24.0 Å². The molecule has 1 aromatic rings. The third-order valence-corrected chi connectivity index (χ3v) is 5.47. The monoisotopic (exact) mass is 348 g/mol. The lowest BCUT2D eigenvalue weighted by Crippen LogP contribution is -2.39. The number of nitro benzene ring substituents is 1. The fourth-order valence-electron chi connectivity index (χ4n) is 3.01. The highest BCUT2D eigenvalue weighted by atomic mass is 32.2. The summed E-state index contributed by atoms with van der Waals surface area (Å²) in [7, 11) is 0. The third-order valence-electron chi connectivity index (χ3n) is 4.14. The number of non-ortho nitro benzene ring substituents is 1. The van der Waals surface area contributed by atoms with Crippen molar-refractivity contribution in [2.75, 3.05) is 0 Å². The van der Waals surface area contributed by atoms with Crippen LogP contribution in [0.4, 0.5) is 5.69 Å². The highest BCUT2D eigenvalue weighted by molar-refractivity contribution is 8.26. The van der Waals surface area contributed by atoms with Crippen molar-refractivity contribution in [1.29, 1.82) is 0 Å². The summed E-state index contributed by atoms with van der Waals surface area (Å²) in [5, 5.41) is 10.8. The van der Waals surface area contributed by atoms with Crippen LogP contribution in [0.15, 0.2) is 29.2 Å². The number of nitrogens with zero attached hydrogens (tertiary/aromatic N) is 2. The van der Waals surface area contributed by atoms with E-state index in [9.17, 15) is 14.9 Å². The summed E-state index contributed by atoms with van der Waals surface area (Å²) >= 11 is 6.66. The Morgan fingerprint density at radius 2 is 2.04 bits per heavy atom. The number of benzene rings is 1. The van der Waals surface area contributed by atoms with Gasteiger partial charge in [-0.1, -0.05) is 55.4 Å². The summed E-state index contributed by atoms with van der Waals surface area (Å²) in [6.07, 6.45) is 7.16. The molecule has 2 aliphatic rings. The zero-order chi connectivity index (χ0) is 16.4. The first-order valence-corrected chi connectivity index (χ1v) is 8.80. The molecule has 1 aliphatic heterocycles. The van der Waals surface area contributed by atoms with E-state index in [-0.39, 0.29) is 17.6 Å². The van der Waals surface area contributed by atoms with E-state index in [0.29, 0.717) is 14.8 Å². The number of carbonyl (C=O) groups is 1. The molecule has 5 nitrogen and oxygen atoms in total. The molecule has 2 fully saturated rings. The highest BCUT2D eigenvalue weighted by Crippen LogP contribution is 2.37. The van der Waals surface area contributed by atoms with Gasteiger partial charge in [-0.3, -0.25) is 19.8 Å². The molecule has 1 saturated carbocycles. The average molecular weight is 348 g/mol. The van der Waals surface area contributed by atoms with Gasteiger partial charge in [0.25, 0.3) is 11.6 Å². The fourth-order valence-corrected chi connectivity index (χ4v) is 4.41. The van der Waals surface area contributed by atoms with Crippen LogP contribution in [-0.4, -0.2) is 26.1 Å². The maximum Gasteiger partial charge on any atom is 0.270 e. The van der Waals surface area contributed by atoms with Gasteiger partial charge in [-0.2, -0.15) is 0 Å². The molecule has 0 spiro atoms. The van der Waals surface area contributed by atoms with Gasteiger partial charge in [0.2, 0.25) is 0 Å². The Labute approximate surface area is 143 Å². The average Bonchev–Trinajstić information content (AvgIpc) is 2.82. The van der Waals surface area contributed by atoms with Crippen LogP contribution in [0.2, 0.25) is 0 Å². The van der Waals surface area contributed by atoms with Gasteiger partial charge in [0.1, 0.15) is 4.32 Å². The molecule has 23 heavy (non-hydrogen) atoms. The fraction of sp³-hybridized carbons (Fsp3) is 0.375. The quantitative estimate of drug-likeness (QED) is 0.356. The smallest absolute Gasteiger partial charge is 0.270 e. The number of thioether (sulfide) groups is 1. The summed E-state index contributed by atoms with van der Waals surface area (Å²) in [4.78, 5) is 25.3. The van der Waals surface area contributed by atoms with Crippen LogP contribution in [0.1, 0.15) is 37.7 Å². The van der Waals surface area contributed by atoms with Crippen LogP contribution < -0.4 is 0 Å². The zero-order valence-electron chi connectivity index (χ0n) is 12.4. The summed E-state index contributed by atoms with van der Waals surface area (Å²) in [6.45, 7) is 0. The van der Waals surface area contributed by atoms with Crippen LogP contribution in [0.25, 0.3) is 6.08 Å². The Morgan fingerprint density at radius 1 is 1.30 bits per heavy atom. The number of rotatable bonds is 3. The predicted molar refractivity (Wildman–Crippen MR) is 95.0 cm³/mol. The van der Waals surface area contributed by atoms with Gasteiger partial charge in [-0.05, 0) is 24.5 Å². The van der Waals surface area contributed by atoms with Gasteiger partial charge in [-0.15, -0.1) is 0 Å². The van der Waals surface area contributed by atoms with E-state index in [1.807, 2.05) is 0 Å². The molecule has 3 rings (SSSR count). The molecule has 7 heteroatoms. The van der Waals surface area contributed by atoms with E-state index in [4.69, 9.17) is 12.2 Å². The van der Waals surface area contributed by atoms with Gasteiger partial charge in [0, 0.05) is 18.2 Å². The number of hydrogen-bond acceptors (Lipinski definition) is 5. The Kier molecular flexibility index (Phi) is 4.77. The molecule has 0 radical (unpaired) electrons. The standard InChI is InChI=1S/C16H16N2O3S2/c19-15-14(10-11-5-4-8-13(9-11)18(20)21)23-16(22)17(15)12-6-2-1-3-7-12/h4-5,8-10,12H,1-3,6-7H2/b14-10+. The van der Waals surface area contributed by atoms with Gasteiger partial charge in [0.15, 0.2) is 0 Å². The predicted octanol–water partition coefficient (Wildman–Crippen LogP) is 4.13. The molecule has 1 saturated heterocycles. The Hall–Kier alpha value is -1.73. The summed E-state index contributed by atoms with van der Waals surface area (Å²) in [6, 6.07) is 6.47. The van der Waals surface area contributed by atoms with Crippen molar-refractivity contribution in [2.24, 2.45) is 0 Å². The molecule has 0 unspecified atom stereocenters. The summed E-state index contributed by atoms with van der Waals surface area (Å²) in [5.74, 6) is -0.0709. The second kappa shape index (κ2) is 6.80. The molecule has 0 aromatic heterocycles. The summed E-state index contributed by atoms with van der Waals surface area (Å²) in [5.41, 5.74) is 0.657. The molecule has 1 aliphatic carbocycles. The molecule has 1 heterocycles. The van der Waals surface area contributed by atoms with Gasteiger partial charge in [-0.25, -0.2) is 0 Å². The number of hydrogen-bond donors (Lipinski definition) is 0. The van der Waals surface area contributed by atoms with Crippen molar-refractivity contribution in [2.45, 2.75) is 38.1 Å². The minimum Gasteiger partial charge on any atom is -0.290 e. The van der Waals surface area contributed by atoms with Crippen molar-refractivity contribution in [1.82, 2.24) is 4.90 Å². The van der Waals surface area contributed by atoms with E-state index < -0.39 is 4.92 Å². The van der Waals surface area contributed by atoms with Crippen LogP contribution in [-0.2, 0) is 4.79 Å². The van der Waals surface area contributed by atoms with Crippen LogP contribution in [0.3, 0.4) is 0 Å². The maximum absolute atomic E-state index is 12.7. The van der Waals surface area contributed by atoms with E-state index in [1.54, 1.807) is 23.1 Å². The molecule has 1 aromatic carbocycles. The Bertz CT molecular complexity index is 696. The largest absolute Gasteiger partial charge is 0.290 e. The molecule has 120 valence electrons. The number of nitro groups is 1. The molecule has 0 N–H and O–H groups in total. The molecule has 1 amide bonds. The van der Waals surface area contributed by atoms with Gasteiger partial charge in [0.05, 0.1) is 9.83 Å². The van der Waals surface area contributed by atoms with E-state index >= 15 is 0 Å². The molecular weight excluding hydrogens is 332 g/mol. The first kappa shape index (κ1) is 16.1. The van der Waals surface area contributed by atoms with E-state index in [1.165, 1.54) is 30.3 Å². The number of thiocarbonyl (C=S) groups is 1. The molecule has 0 atom stereocenters. The van der Waals surface area contributed by atoms with Crippen molar-refractivity contribution in [3.63, 3.8) is 0 Å². The van der Waals surface area contributed by atoms with Crippen molar-refractivity contribution >= 4 is 46.0 Å². The molecule has 0 bridgehead atoms. The zero-order valence-corrected chi connectivity index (χ0v) is 14.1. The Morgan fingerprint density at radius 3 is 2.74 bits per heavy atom. The first-order valence-electron chi connectivity index (χ1n) is 7.58. The maximum atomic E-state index is 12.7. The van der Waals surface area contributed by atoms with Crippen LogP contribution in [0, 0.1) is 10.1 Å². The first-order chi connectivity index (χ1) is 11.1. The molecular formula is C16H16N2O3S2. The highest BCUT2D eigenvalue weighted by Gasteiger charge is 2.37. The van der Waals surface area contributed by atoms with Crippen molar-refractivity contribution in [3.05, 3.63) is 44.8 Å². The van der Waals surface area contributed by atoms with Crippen molar-refractivity contribution in [3.8, 4) is 0 Å². The topological polar surface area (TPSA) is 63.4 Å². The van der Waals surface area contributed by atoms with E-state index in [0.717, 1.165) is 25.7 Å². The van der Waals surface area contributed by atoms with Crippen molar-refractivity contribution < 1.29 is 9.72 Å². The number of carbonyl (C=O) groups excluding carboxylic acids is 1. The number of amides is 1. The lowest BCUT2D eigenvalue weighted by Gasteiger charge is -2.29. The van der Waals surface area contributed by atoms with Gasteiger partial charge >= 0.3 is 0 Å². The lowest BCUT2D eigenvalue weighted by atomic mass is 9.94. The minimum atomic E-state index is -0.440. The summed E-state index contributed by atoms with van der Waals surface area (Å²) < 4.78 is 0.596. The second-order valence-corrected chi connectivity index (χ2v) is 7.37. The second-order valence-electron chi connectivity index (χ2n) is 5.70. The SMILES string of the molecule is O=C1/C(=C\c2cccc([N+](=O)[O-])c2)SC(=S)N1C1CCCCC1. The van der Waals surface area contributed by atoms with Gasteiger partial charge < -0.3 is 0 Å². The third kappa shape index (κ3) is 3.45. The normalized spacial score (nSPS) is 21.2.